The van der Waals surface area contributed by atoms with Crippen LogP contribution in [0.25, 0.3) is 0 Å². The smallest absolute Gasteiger partial charge is 0.129 e. The van der Waals surface area contributed by atoms with E-state index in [0.717, 1.165) is 51.8 Å². The number of likely N-dealkylation sites (tertiary alicyclic amines) is 1. The van der Waals surface area contributed by atoms with Crippen LogP contribution in [0, 0.1) is 6.92 Å². The molecule has 6 rings (SSSR count). The molecule has 0 unspecified atom stereocenters. The molecule has 3 atom stereocenters. The SMILES string of the molecule is Cc1cccnc1[C@@H]1CCC[C@H]([C@]2(C)CN3C(N4CCN(C5COC5)CC4)=CC=CC3=N2)N1C. The number of allylic oxidation sites excluding steroid dienone is 2. The Balaban J connectivity index is 1.18. The van der Waals surface area contributed by atoms with Gasteiger partial charge in [-0.3, -0.25) is 19.8 Å². The topological polar surface area (TPSA) is 47.4 Å². The average molecular weight is 463 g/mol. The van der Waals surface area contributed by atoms with E-state index in [4.69, 9.17) is 14.7 Å². The minimum Gasteiger partial charge on any atom is -0.378 e. The molecule has 3 fully saturated rings. The Labute approximate surface area is 203 Å². The van der Waals surface area contributed by atoms with E-state index in [2.05, 4.69) is 64.8 Å². The molecule has 182 valence electrons. The summed E-state index contributed by atoms with van der Waals surface area (Å²) in [5, 5.41) is 0. The molecule has 0 radical (unpaired) electrons. The summed E-state index contributed by atoms with van der Waals surface area (Å²) in [4.78, 5) is 20.4. The number of aliphatic imine (C=N–C) groups is 1. The molecule has 0 N–H and O–H groups in total. The highest BCUT2D eigenvalue weighted by Crippen LogP contribution is 2.41. The Morgan fingerprint density at radius 2 is 1.94 bits per heavy atom. The molecule has 0 aliphatic carbocycles. The largest absolute Gasteiger partial charge is 0.378 e. The van der Waals surface area contributed by atoms with Crippen molar-refractivity contribution >= 4 is 5.84 Å². The standard InChI is InChI=1S/C27H38N6O/c1-20-7-6-12-28-26(20)22-8-4-9-23(30(22)3)27(2)19-33-24(29-27)10-5-11-25(33)32-15-13-31(14-16-32)21-17-34-18-21/h5-7,10-12,21-23H,4,8-9,13-19H2,1-3H3/t22-,23+,27-/m0/s1. The van der Waals surface area contributed by atoms with Gasteiger partial charge in [-0.15, -0.1) is 0 Å². The van der Waals surface area contributed by atoms with E-state index in [1.807, 2.05) is 12.3 Å². The van der Waals surface area contributed by atoms with Crippen molar-refractivity contribution in [2.24, 2.45) is 4.99 Å². The minimum atomic E-state index is -0.135. The zero-order valence-corrected chi connectivity index (χ0v) is 20.9. The van der Waals surface area contributed by atoms with Gasteiger partial charge in [0.1, 0.15) is 11.7 Å². The van der Waals surface area contributed by atoms with E-state index in [-0.39, 0.29) is 5.54 Å². The summed E-state index contributed by atoms with van der Waals surface area (Å²) >= 11 is 0. The number of nitrogens with zero attached hydrogens (tertiary/aromatic N) is 6. The number of ether oxygens (including phenoxy) is 1. The van der Waals surface area contributed by atoms with E-state index >= 15 is 0 Å². The van der Waals surface area contributed by atoms with Crippen molar-refractivity contribution in [1.29, 1.82) is 0 Å². The van der Waals surface area contributed by atoms with Crippen molar-refractivity contribution < 1.29 is 4.74 Å². The Morgan fingerprint density at radius 3 is 2.68 bits per heavy atom. The first-order chi connectivity index (χ1) is 16.5. The van der Waals surface area contributed by atoms with Crippen molar-refractivity contribution in [2.45, 2.75) is 56.8 Å². The van der Waals surface area contributed by atoms with Crippen molar-refractivity contribution in [3.8, 4) is 0 Å². The fraction of sp³-hybridized carbons (Fsp3) is 0.630. The third-order valence-corrected chi connectivity index (χ3v) is 8.69. The van der Waals surface area contributed by atoms with Crippen molar-refractivity contribution in [1.82, 2.24) is 24.6 Å². The molecule has 5 aliphatic heterocycles. The summed E-state index contributed by atoms with van der Waals surface area (Å²) in [6.45, 7) is 11.7. The molecule has 0 bridgehead atoms. The highest BCUT2D eigenvalue weighted by atomic mass is 16.5. The van der Waals surface area contributed by atoms with Crippen molar-refractivity contribution in [2.75, 3.05) is 53.0 Å². The predicted molar refractivity (Wildman–Crippen MR) is 135 cm³/mol. The van der Waals surface area contributed by atoms with Crippen LogP contribution >= 0.6 is 0 Å². The fourth-order valence-electron chi connectivity index (χ4n) is 6.66. The summed E-state index contributed by atoms with van der Waals surface area (Å²) in [5.41, 5.74) is 2.39. The quantitative estimate of drug-likeness (QED) is 0.686. The second-order valence-electron chi connectivity index (χ2n) is 10.8. The van der Waals surface area contributed by atoms with E-state index in [1.165, 1.54) is 36.3 Å². The zero-order valence-electron chi connectivity index (χ0n) is 20.9. The number of likely N-dealkylation sites (N-methyl/N-ethyl adjacent to an activating group) is 1. The molecule has 7 heteroatoms. The maximum Gasteiger partial charge on any atom is 0.129 e. The molecule has 1 aromatic rings. The van der Waals surface area contributed by atoms with E-state index in [9.17, 15) is 0 Å². The number of aromatic nitrogens is 1. The van der Waals surface area contributed by atoms with Crippen molar-refractivity contribution in [3.63, 3.8) is 0 Å². The van der Waals surface area contributed by atoms with Gasteiger partial charge in [0.2, 0.25) is 0 Å². The number of piperidine rings is 1. The second kappa shape index (κ2) is 8.77. The summed E-state index contributed by atoms with van der Waals surface area (Å²) < 4.78 is 5.41. The number of amidine groups is 1. The molecule has 34 heavy (non-hydrogen) atoms. The van der Waals surface area contributed by atoms with Crippen LogP contribution in [0.1, 0.15) is 43.5 Å². The highest BCUT2D eigenvalue weighted by molar-refractivity contribution is 5.97. The van der Waals surface area contributed by atoms with Crippen LogP contribution in [-0.4, -0.2) is 101 Å². The van der Waals surface area contributed by atoms with Gasteiger partial charge in [0.05, 0.1) is 43.1 Å². The molecular formula is C27H38N6O. The van der Waals surface area contributed by atoms with Gasteiger partial charge in [0.15, 0.2) is 0 Å². The van der Waals surface area contributed by atoms with Crippen LogP contribution in [0.5, 0.6) is 0 Å². The lowest BCUT2D eigenvalue weighted by atomic mass is 9.82. The lowest BCUT2D eigenvalue weighted by Gasteiger charge is -2.47. The number of piperazine rings is 1. The molecule has 3 saturated heterocycles. The lowest BCUT2D eigenvalue weighted by Crippen LogP contribution is -2.58. The number of fused-ring (bicyclic) bond motifs is 1. The summed E-state index contributed by atoms with van der Waals surface area (Å²) in [6.07, 6.45) is 12.2. The molecule has 1 aromatic heterocycles. The predicted octanol–water partition coefficient (Wildman–Crippen LogP) is 2.82. The first-order valence-electron chi connectivity index (χ1n) is 13.0. The number of hydrogen-bond donors (Lipinski definition) is 0. The van der Waals surface area contributed by atoms with E-state index in [1.54, 1.807) is 0 Å². The van der Waals surface area contributed by atoms with Crippen LogP contribution < -0.4 is 0 Å². The van der Waals surface area contributed by atoms with Gasteiger partial charge in [0, 0.05) is 38.4 Å². The molecule has 5 aliphatic rings. The zero-order chi connectivity index (χ0) is 23.3. The van der Waals surface area contributed by atoms with Gasteiger partial charge in [-0.05, 0) is 63.9 Å². The normalized spacial score (nSPS) is 32.9. The molecule has 0 amide bonds. The fourth-order valence-corrected chi connectivity index (χ4v) is 6.66. The van der Waals surface area contributed by atoms with Gasteiger partial charge >= 0.3 is 0 Å². The number of rotatable bonds is 4. The van der Waals surface area contributed by atoms with E-state index < -0.39 is 0 Å². The Kier molecular flexibility index (Phi) is 5.74. The molecule has 7 nitrogen and oxygen atoms in total. The first kappa shape index (κ1) is 22.3. The van der Waals surface area contributed by atoms with Crippen molar-refractivity contribution in [3.05, 3.63) is 53.6 Å². The molecular weight excluding hydrogens is 424 g/mol. The van der Waals surface area contributed by atoms with Crippen LogP contribution in [0.4, 0.5) is 0 Å². The Bertz CT molecular complexity index is 1010. The first-order valence-corrected chi connectivity index (χ1v) is 13.0. The van der Waals surface area contributed by atoms with Crippen LogP contribution in [0.2, 0.25) is 0 Å². The molecule has 0 aromatic carbocycles. The number of pyridine rings is 1. The Hall–Kier alpha value is -2.22. The second-order valence-corrected chi connectivity index (χ2v) is 10.8. The summed E-state index contributed by atoms with van der Waals surface area (Å²) in [7, 11) is 2.29. The Morgan fingerprint density at radius 1 is 1.12 bits per heavy atom. The van der Waals surface area contributed by atoms with Crippen LogP contribution in [0.15, 0.2) is 47.4 Å². The maximum absolute atomic E-state index is 5.41. The third-order valence-electron chi connectivity index (χ3n) is 8.69. The van der Waals surface area contributed by atoms with E-state index in [0.29, 0.717) is 18.1 Å². The van der Waals surface area contributed by atoms with Crippen LogP contribution in [-0.2, 0) is 4.74 Å². The summed E-state index contributed by atoms with van der Waals surface area (Å²) in [6, 6.07) is 5.63. The van der Waals surface area contributed by atoms with Gasteiger partial charge in [-0.1, -0.05) is 12.1 Å². The average Bonchev–Trinajstić information content (AvgIpc) is 3.16. The maximum atomic E-state index is 5.41. The van der Waals surface area contributed by atoms with Crippen LogP contribution in [0.3, 0.4) is 0 Å². The number of hydrogen-bond acceptors (Lipinski definition) is 7. The van der Waals surface area contributed by atoms with Gasteiger partial charge in [-0.25, -0.2) is 0 Å². The van der Waals surface area contributed by atoms with Gasteiger partial charge in [0.25, 0.3) is 0 Å². The molecule has 6 heterocycles. The molecule has 0 saturated carbocycles. The lowest BCUT2D eigenvalue weighted by molar-refractivity contribution is -0.0758. The van der Waals surface area contributed by atoms with Gasteiger partial charge in [-0.2, -0.15) is 0 Å². The highest BCUT2D eigenvalue weighted by Gasteiger charge is 2.48. The molecule has 0 spiro atoms. The van der Waals surface area contributed by atoms with Gasteiger partial charge < -0.3 is 14.5 Å². The monoisotopic (exact) mass is 462 g/mol. The summed E-state index contributed by atoms with van der Waals surface area (Å²) in [5.74, 6) is 2.45. The third kappa shape index (κ3) is 3.78. The number of aryl methyl sites for hydroxylation is 1. The minimum absolute atomic E-state index is 0.135.